The molecule has 54 heavy (non-hydrogen) atoms. The number of ether oxygens (including phenoxy) is 6. The first-order valence-corrected chi connectivity index (χ1v) is 19.9. The highest BCUT2D eigenvalue weighted by molar-refractivity contribution is 6.02. The molecule has 1 amide bonds. The molecule has 5 saturated carbocycles. The van der Waals surface area contributed by atoms with Crippen LogP contribution >= 0.6 is 0 Å². The smallest absolute Gasteiger partial charge is 0.340 e. The van der Waals surface area contributed by atoms with Crippen molar-refractivity contribution in [3.63, 3.8) is 0 Å². The Morgan fingerprint density at radius 3 is 2.44 bits per heavy atom. The minimum atomic E-state index is -1.70. The van der Waals surface area contributed by atoms with Gasteiger partial charge >= 0.3 is 11.9 Å². The van der Waals surface area contributed by atoms with Crippen molar-refractivity contribution >= 4 is 23.5 Å². The van der Waals surface area contributed by atoms with E-state index in [1.165, 1.54) is 0 Å². The number of unbranched alkanes of at least 4 members (excludes halogenated alkanes) is 1. The topological polar surface area (TPSA) is 162 Å². The van der Waals surface area contributed by atoms with Crippen LogP contribution in [-0.2, 0) is 38.0 Å². The number of likely N-dealkylation sites (N-methyl/N-ethyl adjacent to an activating group) is 1. The van der Waals surface area contributed by atoms with Crippen LogP contribution in [0.25, 0.3) is 0 Å². The van der Waals surface area contributed by atoms with Crippen molar-refractivity contribution < 1.29 is 53.0 Å². The van der Waals surface area contributed by atoms with Crippen molar-refractivity contribution in [2.45, 2.75) is 107 Å². The van der Waals surface area contributed by atoms with Gasteiger partial charge in [-0.25, -0.2) is 4.79 Å². The van der Waals surface area contributed by atoms with Crippen LogP contribution in [-0.4, -0.2) is 129 Å². The lowest BCUT2D eigenvalue weighted by atomic mass is 9.42. The molecule has 1 saturated heterocycles. The Bertz CT molecular complexity index is 1590. The highest BCUT2D eigenvalue weighted by Gasteiger charge is 2.91. The van der Waals surface area contributed by atoms with Crippen LogP contribution < -0.4 is 5.32 Å². The third-order valence-corrected chi connectivity index (χ3v) is 14.9. The quantitative estimate of drug-likeness (QED) is 0.177. The Balaban J connectivity index is 1.21. The largest absolute Gasteiger partial charge is 0.466 e. The molecular weight excluding hydrogens is 696 g/mol. The number of fused-ring (bicyclic) bond motifs is 2. The Kier molecular flexibility index (Phi) is 10.8. The lowest BCUT2D eigenvalue weighted by Gasteiger charge is -2.70. The number of carbonyl (C=O) groups excluding carboxylic acids is 3. The number of nitrogens with one attached hydrogen (secondary N) is 1. The maximum Gasteiger partial charge on any atom is 0.340 e. The number of benzene rings is 1. The van der Waals surface area contributed by atoms with Gasteiger partial charge in [0.2, 0.25) is 5.91 Å². The standard InChI is InChI=1S/C41H60N2O11/c1-8-10-17-53-30(44)18-23(3)35(45)42-27-14-12-11-13-24(27)36(46)54-22-38-16-15-29(50-5)40-26-19-25-28(49-4)20-39(47,31(26)32(25)51-6)41(48,34(52-7)33(38)40)37(40)43(9-2)21-38/h11-14,23,25-26,28-29,31-34,37,47-48H,8-10,15-22H2,1-7H3,(H,42,45)/t23-,25-,26+,28-,29-,31+,32+,33+,34-,37-,38-,39-,40-,41+/m0/s1. The van der Waals surface area contributed by atoms with E-state index < -0.39 is 57.9 Å². The number of methoxy groups -OCH3 is 4. The maximum absolute atomic E-state index is 14.1. The normalized spacial score (nSPS) is 42.0. The van der Waals surface area contributed by atoms with Crippen molar-refractivity contribution in [1.82, 2.24) is 4.90 Å². The second kappa shape index (κ2) is 14.7. The number of hydrogen-bond donors (Lipinski definition) is 3. The van der Waals surface area contributed by atoms with E-state index >= 15 is 0 Å². The molecule has 0 unspecified atom stereocenters. The predicted octanol–water partition coefficient (Wildman–Crippen LogP) is 3.44. The van der Waals surface area contributed by atoms with Gasteiger partial charge in [-0.2, -0.15) is 0 Å². The number of para-hydroxylation sites is 1. The van der Waals surface area contributed by atoms with Crippen molar-refractivity contribution in [3.05, 3.63) is 29.8 Å². The number of likely N-dealkylation sites (tertiary alicyclic amines) is 1. The summed E-state index contributed by atoms with van der Waals surface area (Å²) in [6.07, 6.45) is 2.29. The molecule has 300 valence electrons. The Morgan fingerprint density at radius 2 is 1.78 bits per heavy atom. The van der Waals surface area contributed by atoms with Gasteiger partial charge in [-0.15, -0.1) is 0 Å². The maximum atomic E-state index is 14.1. The molecule has 0 aromatic heterocycles. The molecule has 13 heteroatoms. The van der Waals surface area contributed by atoms with Crippen LogP contribution in [0.1, 0.15) is 76.1 Å². The molecule has 7 rings (SSSR count). The summed E-state index contributed by atoms with van der Waals surface area (Å²) in [4.78, 5) is 41.9. The Labute approximate surface area is 318 Å². The van der Waals surface area contributed by atoms with E-state index in [9.17, 15) is 24.6 Å². The minimum Gasteiger partial charge on any atom is -0.466 e. The fraction of sp³-hybridized carbons (Fsp3) is 0.780. The van der Waals surface area contributed by atoms with Crippen LogP contribution in [0.2, 0.25) is 0 Å². The molecule has 6 fully saturated rings. The van der Waals surface area contributed by atoms with Gasteiger partial charge in [-0.1, -0.05) is 39.3 Å². The summed E-state index contributed by atoms with van der Waals surface area (Å²) < 4.78 is 36.7. The number of hydrogen-bond acceptors (Lipinski definition) is 12. The number of nitrogens with zero attached hydrogens (tertiary/aromatic N) is 1. The Morgan fingerprint density at radius 1 is 1.02 bits per heavy atom. The van der Waals surface area contributed by atoms with E-state index in [0.717, 1.165) is 19.3 Å². The highest BCUT2D eigenvalue weighted by atomic mass is 16.5. The molecule has 13 nitrogen and oxygen atoms in total. The lowest BCUT2D eigenvalue weighted by Crippen LogP contribution is -2.82. The van der Waals surface area contributed by atoms with E-state index in [1.807, 2.05) is 6.92 Å². The summed E-state index contributed by atoms with van der Waals surface area (Å²) in [6.45, 7) is 7.23. The van der Waals surface area contributed by atoms with E-state index in [1.54, 1.807) is 59.6 Å². The van der Waals surface area contributed by atoms with E-state index in [2.05, 4.69) is 17.1 Å². The van der Waals surface area contributed by atoms with Gasteiger partial charge < -0.3 is 44.0 Å². The van der Waals surface area contributed by atoms with Crippen molar-refractivity contribution in [2.24, 2.45) is 40.4 Å². The number of carbonyl (C=O) groups is 3. The zero-order valence-corrected chi connectivity index (χ0v) is 32.9. The van der Waals surface area contributed by atoms with Gasteiger partial charge in [-0.05, 0) is 50.3 Å². The van der Waals surface area contributed by atoms with Gasteiger partial charge in [0.15, 0.2) is 0 Å². The zero-order valence-electron chi connectivity index (χ0n) is 32.9. The number of aliphatic hydroxyl groups is 2. The molecule has 14 atom stereocenters. The summed E-state index contributed by atoms with van der Waals surface area (Å²) in [5.41, 5.74) is -4.07. The first kappa shape index (κ1) is 39.6. The van der Waals surface area contributed by atoms with Crippen molar-refractivity contribution in [3.8, 4) is 0 Å². The third kappa shape index (κ3) is 5.39. The summed E-state index contributed by atoms with van der Waals surface area (Å²) in [7, 11) is 6.71. The summed E-state index contributed by atoms with van der Waals surface area (Å²) in [5.74, 6) is -2.84. The molecule has 1 spiro atoms. The van der Waals surface area contributed by atoms with E-state index in [-0.39, 0.29) is 67.0 Å². The molecule has 1 aliphatic heterocycles. The Hall–Kier alpha value is -2.65. The predicted molar refractivity (Wildman–Crippen MR) is 196 cm³/mol. The first-order chi connectivity index (χ1) is 25.9. The van der Waals surface area contributed by atoms with Crippen LogP contribution in [0.15, 0.2) is 24.3 Å². The molecule has 5 aliphatic carbocycles. The molecule has 7 bridgehead atoms. The van der Waals surface area contributed by atoms with Crippen LogP contribution in [0, 0.1) is 40.4 Å². The molecule has 0 radical (unpaired) electrons. The van der Waals surface area contributed by atoms with Gasteiger partial charge in [0, 0.05) is 75.9 Å². The SMILES string of the molecule is CCCCOC(=O)C[C@H](C)C(=O)Nc1ccccc1C(=O)OC[C@@]12CC[C@H](OC)[C@@]34[C@@H]5C[C@@H]6[C@@H](OC)[C@@H]5[C@@](O)(C[C@@H]6OC)[C@@](O)([C@@H](OC)[C@H]13)[C@H]4N(CC)C2. The van der Waals surface area contributed by atoms with Gasteiger partial charge in [-0.3, -0.25) is 14.5 Å². The van der Waals surface area contributed by atoms with Crippen molar-refractivity contribution in [2.75, 3.05) is 60.1 Å². The van der Waals surface area contributed by atoms with Crippen molar-refractivity contribution in [1.29, 1.82) is 0 Å². The van der Waals surface area contributed by atoms with E-state index in [0.29, 0.717) is 38.2 Å². The zero-order chi connectivity index (χ0) is 38.8. The number of amides is 1. The molecule has 6 aliphatic rings. The van der Waals surface area contributed by atoms with Gasteiger partial charge in [0.25, 0.3) is 0 Å². The monoisotopic (exact) mass is 756 g/mol. The second-order valence-electron chi connectivity index (χ2n) is 17.0. The summed E-state index contributed by atoms with van der Waals surface area (Å²) in [6, 6.07) is 6.24. The molecule has 3 N–H and O–H groups in total. The third-order valence-electron chi connectivity index (χ3n) is 14.9. The van der Waals surface area contributed by atoms with Crippen LogP contribution in [0.4, 0.5) is 5.69 Å². The first-order valence-electron chi connectivity index (χ1n) is 19.9. The molecular formula is C41H60N2O11. The van der Waals surface area contributed by atoms with E-state index in [4.69, 9.17) is 28.4 Å². The number of rotatable bonds is 15. The molecule has 1 aromatic carbocycles. The summed E-state index contributed by atoms with van der Waals surface area (Å²) >= 11 is 0. The molecule has 1 heterocycles. The fourth-order valence-corrected chi connectivity index (χ4v) is 13.0. The highest BCUT2D eigenvalue weighted by Crippen LogP contribution is 2.80. The lowest BCUT2D eigenvalue weighted by molar-refractivity contribution is -0.320. The summed E-state index contributed by atoms with van der Waals surface area (Å²) in [5, 5.41) is 29.5. The fourth-order valence-electron chi connectivity index (χ4n) is 13.0. The minimum absolute atomic E-state index is 0.0391. The van der Waals surface area contributed by atoms with Crippen LogP contribution in [0.3, 0.4) is 0 Å². The average Bonchev–Trinajstić information content (AvgIpc) is 3.58. The van der Waals surface area contributed by atoms with Gasteiger partial charge in [0.1, 0.15) is 11.2 Å². The van der Waals surface area contributed by atoms with Crippen LogP contribution in [0.5, 0.6) is 0 Å². The number of esters is 2. The second-order valence-corrected chi connectivity index (χ2v) is 17.0. The number of anilines is 1. The average molecular weight is 757 g/mol. The molecule has 1 aromatic rings. The number of piperidine rings is 1. The van der Waals surface area contributed by atoms with Gasteiger partial charge in [0.05, 0.1) is 61.3 Å².